The minimum absolute atomic E-state index is 0.0345. The maximum Gasteiger partial charge on any atom is 0.310 e. The second-order valence-electron chi connectivity index (χ2n) is 6.09. The van der Waals surface area contributed by atoms with Crippen molar-refractivity contribution in [3.05, 3.63) is 34.3 Å². The van der Waals surface area contributed by atoms with E-state index in [0.29, 0.717) is 37.9 Å². The topological polar surface area (TPSA) is 95.5 Å². The first-order valence-corrected chi connectivity index (χ1v) is 8.76. The van der Waals surface area contributed by atoms with Crippen LogP contribution in [-0.4, -0.2) is 36.0 Å². The Morgan fingerprint density at radius 1 is 1.17 bits per heavy atom. The fourth-order valence-corrected chi connectivity index (χ4v) is 3.09. The van der Waals surface area contributed by atoms with Gasteiger partial charge in [0.15, 0.2) is 0 Å². The lowest BCUT2D eigenvalue weighted by Crippen LogP contribution is -2.42. The molecule has 1 fully saturated rings. The van der Waals surface area contributed by atoms with E-state index in [1.54, 1.807) is 18.2 Å². The molecule has 0 spiro atoms. The highest BCUT2D eigenvalue weighted by Crippen LogP contribution is 2.44. The molecule has 24 heavy (non-hydrogen) atoms. The zero-order valence-corrected chi connectivity index (χ0v) is 14.9. The van der Waals surface area contributed by atoms with E-state index in [9.17, 15) is 19.5 Å². The van der Waals surface area contributed by atoms with Gasteiger partial charge in [0.2, 0.25) is 5.91 Å². The molecular formula is C17H21BrN2O4. The van der Waals surface area contributed by atoms with Gasteiger partial charge in [0.25, 0.3) is 5.91 Å². The maximum absolute atomic E-state index is 11.9. The lowest BCUT2D eigenvalue weighted by atomic mass is 9.66. The van der Waals surface area contributed by atoms with Crippen molar-refractivity contribution in [2.45, 2.75) is 32.1 Å². The molecule has 0 atom stereocenters. The van der Waals surface area contributed by atoms with Gasteiger partial charge in [-0.2, -0.15) is 0 Å². The number of nitrogens with one attached hydrogen (secondary N) is 2. The van der Waals surface area contributed by atoms with Gasteiger partial charge >= 0.3 is 5.97 Å². The summed E-state index contributed by atoms with van der Waals surface area (Å²) in [6.45, 7) is 0.850. The summed E-state index contributed by atoms with van der Waals surface area (Å²) in [6.07, 6.45) is 2.62. The molecule has 130 valence electrons. The van der Waals surface area contributed by atoms with Gasteiger partial charge < -0.3 is 15.7 Å². The summed E-state index contributed by atoms with van der Waals surface area (Å²) in [5, 5.41) is 14.7. The summed E-state index contributed by atoms with van der Waals surface area (Å²) < 4.78 is 0.839. The summed E-state index contributed by atoms with van der Waals surface area (Å²) in [5.41, 5.74) is -0.291. The van der Waals surface area contributed by atoms with Crippen molar-refractivity contribution < 1.29 is 19.5 Å². The molecule has 0 heterocycles. The average molecular weight is 397 g/mol. The van der Waals surface area contributed by atoms with Crippen LogP contribution in [0.2, 0.25) is 0 Å². The van der Waals surface area contributed by atoms with Crippen molar-refractivity contribution in [2.75, 3.05) is 13.1 Å². The number of carboxylic acid groups (broad SMARTS) is 1. The number of carbonyl (C=O) groups excluding carboxylic acids is 2. The Balaban J connectivity index is 1.63. The van der Waals surface area contributed by atoms with E-state index in [1.165, 1.54) is 0 Å². The van der Waals surface area contributed by atoms with Crippen molar-refractivity contribution in [2.24, 2.45) is 5.41 Å². The predicted octanol–water partition coefficient (Wildman–Crippen LogP) is 2.33. The van der Waals surface area contributed by atoms with Crippen molar-refractivity contribution in [3.63, 3.8) is 0 Å². The number of aliphatic carboxylic acids is 1. The number of halogens is 1. The van der Waals surface area contributed by atoms with Crippen LogP contribution >= 0.6 is 15.9 Å². The molecule has 0 aromatic heterocycles. The van der Waals surface area contributed by atoms with Crippen LogP contribution in [0, 0.1) is 5.41 Å². The Morgan fingerprint density at radius 3 is 2.46 bits per heavy atom. The van der Waals surface area contributed by atoms with Crippen LogP contribution in [0.5, 0.6) is 0 Å². The number of rotatable bonds is 8. The van der Waals surface area contributed by atoms with E-state index in [1.807, 2.05) is 6.07 Å². The summed E-state index contributed by atoms with van der Waals surface area (Å²) in [7, 11) is 0. The van der Waals surface area contributed by atoms with E-state index in [0.717, 1.165) is 10.9 Å². The van der Waals surface area contributed by atoms with Crippen molar-refractivity contribution >= 4 is 33.7 Å². The minimum Gasteiger partial charge on any atom is -0.481 e. The molecule has 0 aliphatic heterocycles. The molecule has 1 aromatic rings. The lowest BCUT2D eigenvalue weighted by Gasteiger charge is -2.36. The quantitative estimate of drug-likeness (QED) is 0.587. The highest BCUT2D eigenvalue weighted by atomic mass is 79.9. The van der Waals surface area contributed by atoms with Crippen LogP contribution in [0.15, 0.2) is 28.7 Å². The second-order valence-corrected chi connectivity index (χ2v) is 7.00. The number of hydrogen-bond acceptors (Lipinski definition) is 3. The Kier molecular flexibility index (Phi) is 6.36. The van der Waals surface area contributed by atoms with Gasteiger partial charge in [-0.25, -0.2) is 0 Å². The van der Waals surface area contributed by atoms with Crippen LogP contribution < -0.4 is 10.6 Å². The predicted molar refractivity (Wildman–Crippen MR) is 92.6 cm³/mol. The summed E-state index contributed by atoms with van der Waals surface area (Å²) in [4.78, 5) is 35.0. The summed E-state index contributed by atoms with van der Waals surface area (Å²) in [6, 6.07) is 7.10. The van der Waals surface area contributed by atoms with Crippen LogP contribution in [0.25, 0.3) is 0 Å². The smallest absolute Gasteiger partial charge is 0.310 e. The number of benzene rings is 1. The van der Waals surface area contributed by atoms with E-state index in [2.05, 4.69) is 26.6 Å². The van der Waals surface area contributed by atoms with Crippen LogP contribution in [-0.2, 0) is 9.59 Å². The van der Waals surface area contributed by atoms with Crippen LogP contribution in [0.4, 0.5) is 0 Å². The van der Waals surface area contributed by atoms with Crippen molar-refractivity contribution in [1.29, 1.82) is 0 Å². The third-order valence-electron chi connectivity index (χ3n) is 4.31. The number of carboxylic acids is 1. The van der Waals surface area contributed by atoms with Gasteiger partial charge in [0, 0.05) is 29.5 Å². The Morgan fingerprint density at radius 2 is 1.88 bits per heavy atom. The molecule has 1 aliphatic rings. The fraction of sp³-hybridized carbons (Fsp3) is 0.471. The normalized spacial score (nSPS) is 15.2. The zero-order chi connectivity index (χ0) is 17.6. The monoisotopic (exact) mass is 396 g/mol. The maximum atomic E-state index is 11.9. The number of hydrogen-bond donors (Lipinski definition) is 3. The van der Waals surface area contributed by atoms with Gasteiger partial charge in [-0.3, -0.25) is 14.4 Å². The van der Waals surface area contributed by atoms with E-state index in [4.69, 9.17) is 0 Å². The molecule has 1 aromatic carbocycles. The Labute approximate surface area is 149 Å². The molecule has 1 aliphatic carbocycles. The molecule has 1 saturated carbocycles. The highest BCUT2D eigenvalue weighted by molar-refractivity contribution is 9.10. The number of carbonyl (C=O) groups is 3. The molecule has 6 nitrogen and oxygen atoms in total. The molecule has 2 amide bonds. The summed E-state index contributed by atoms with van der Waals surface area (Å²) >= 11 is 3.31. The van der Waals surface area contributed by atoms with Crippen molar-refractivity contribution in [1.82, 2.24) is 10.6 Å². The van der Waals surface area contributed by atoms with Crippen LogP contribution in [0.1, 0.15) is 42.5 Å². The molecule has 2 rings (SSSR count). The molecule has 0 bridgehead atoms. The largest absolute Gasteiger partial charge is 0.481 e. The molecule has 0 radical (unpaired) electrons. The van der Waals surface area contributed by atoms with Gasteiger partial charge in [0.05, 0.1) is 5.41 Å². The van der Waals surface area contributed by atoms with Crippen molar-refractivity contribution in [3.8, 4) is 0 Å². The first-order valence-electron chi connectivity index (χ1n) is 7.97. The van der Waals surface area contributed by atoms with Crippen LogP contribution in [0.3, 0.4) is 0 Å². The lowest BCUT2D eigenvalue weighted by molar-refractivity contribution is -0.157. The molecule has 7 heteroatoms. The van der Waals surface area contributed by atoms with Gasteiger partial charge in [-0.1, -0.05) is 28.4 Å². The van der Waals surface area contributed by atoms with E-state index in [-0.39, 0.29) is 18.2 Å². The summed E-state index contributed by atoms with van der Waals surface area (Å²) in [5.74, 6) is -1.29. The molecule has 0 saturated heterocycles. The number of amides is 2. The SMILES string of the molecule is O=C(CC1(C(=O)O)CCC1)NCCCNC(=O)c1cccc(Br)c1. The standard InChI is InChI=1S/C17H21BrN2O4/c18-13-5-1-4-12(10-13)15(22)20-9-3-8-19-14(21)11-17(16(23)24)6-2-7-17/h1,4-5,10H,2-3,6-9,11H2,(H,19,21)(H,20,22)(H,23,24). The fourth-order valence-electron chi connectivity index (χ4n) is 2.69. The molecule has 3 N–H and O–H groups in total. The van der Waals surface area contributed by atoms with E-state index >= 15 is 0 Å². The Bertz CT molecular complexity index is 629. The van der Waals surface area contributed by atoms with Gasteiger partial charge in [-0.05, 0) is 37.5 Å². The van der Waals surface area contributed by atoms with Gasteiger partial charge in [-0.15, -0.1) is 0 Å². The Hall–Kier alpha value is -1.89. The van der Waals surface area contributed by atoms with E-state index < -0.39 is 11.4 Å². The second kappa shape index (κ2) is 8.28. The third-order valence-corrected chi connectivity index (χ3v) is 4.80. The third kappa shape index (κ3) is 4.80. The minimum atomic E-state index is -0.884. The first kappa shape index (κ1) is 18.4. The first-order chi connectivity index (χ1) is 11.4. The highest BCUT2D eigenvalue weighted by Gasteiger charge is 2.45. The molecule has 0 unspecified atom stereocenters. The average Bonchev–Trinajstić information content (AvgIpc) is 2.50. The zero-order valence-electron chi connectivity index (χ0n) is 13.3. The van der Waals surface area contributed by atoms with Gasteiger partial charge in [0.1, 0.15) is 0 Å². The molecular weight excluding hydrogens is 376 g/mol.